The van der Waals surface area contributed by atoms with Crippen molar-refractivity contribution < 1.29 is 19.7 Å². The number of aliphatic hydroxyl groups excluding tert-OH is 1. The number of H-pyrrole nitrogens is 1. The van der Waals surface area contributed by atoms with Crippen LogP contribution in [0.5, 0.6) is 0 Å². The molecule has 0 aromatic carbocycles. The van der Waals surface area contributed by atoms with Gasteiger partial charge in [0.05, 0.1) is 5.39 Å². The lowest BCUT2D eigenvalue weighted by Gasteiger charge is -2.25. The van der Waals surface area contributed by atoms with E-state index in [1.54, 1.807) is 16.8 Å². The first-order valence-electron chi connectivity index (χ1n) is 6.43. The number of ether oxygens (including phenoxy) is 2. The Kier molecular flexibility index (Phi) is 2.33. The van der Waals surface area contributed by atoms with Crippen molar-refractivity contribution in [3.8, 4) is 0 Å². The molecule has 5 N–H and O–H groups in total. The number of aromatic amines is 1. The molecule has 1 aliphatic carbocycles. The van der Waals surface area contributed by atoms with Gasteiger partial charge in [-0.15, -0.1) is 0 Å². The summed E-state index contributed by atoms with van der Waals surface area (Å²) in [5.41, 5.74) is 4.11. The molecule has 3 heterocycles. The number of hydrogen-bond donors (Lipinski definition) is 4. The Balaban J connectivity index is 1.83. The number of methoxy groups -OCH3 is 1. The normalized spacial score (nSPS) is 37.9. The Morgan fingerprint density at radius 3 is 3.10 bits per heavy atom. The summed E-state index contributed by atoms with van der Waals surface area (Å²) in [6.07, 6.45) is -1.52. The highest BCUT2D eigenvalue weighted by atomic mass is 16.6. The Morgan fingerprint density at radius 1 is 1.62 bits per heavy atom. The largest absolute Gasteiger partial charge is 0.387 e. The smallest absolute Gasteiger partial charge is 0.261 e. The van der Waals surface area contributed by atoms with E-state index in [9.17, 15) is 15.0 Å². The van der Waals surface area contributed by atoms with Crippen LogP contribution in [-0.2, 0) is 9.47 Å². The van der Waals surface area contributed by atoms with Gasteiger partial charge >= 0.3 is 0 Å². The molecule has 2 aromatic heterocycles. The molecule has 112 valence electrons. The molecule has 0 radical (unpaired) electrons. The first-order chi connectivity index (χ1) is 9.98. The molecule has 0 spiro atoms. The van der Waals surface area contributed by atoms with Crippen molar-refractivity contribution in [2.75, 3.05) is 12.8 Å². The summed E-state index contributed by atoms with van der Waals surface area (Å²) < 4.78 is 12.5. The number of aromatic nitrogens is 3. The summed E-state index contributed by atoms with van der Waals surface area (Å²) in [7, 11) is 1.42. The van der Waals surface area contributed by atoms with Crippen LogP contribution < -0.4 is 11.3 Å². The predicted octanol–water partition coefficient (Wildman–Crippen LogP) is -1.68. The monoisotopic (exact) mass is 294 g/mol. The van der Waals surface area contributed by atoms with Crippen molar-refractivity contribution in [2.45, 2.75) is 30.1 Å². The van der Waals surface area contributed by atoms with Crippen molar-refractivity contribution in [1.82, 2.24) is 14.5 Å². The van der Waals surface area contributed by atoms with E-state index >= 15 is 0 Å². The Bertz CT molecular complexity index is 786. The second-order valence-corrected chi connectivity index (χ2v) is 5.35. The first-order valence-corrected chi connectivity index (χ1v) is 6.43. The molecule has 2 aliphatic rings. The Hall–Kier alpha value is -1.94. The fraction of sp³-hybridized carbons (Fsp3) is 0.500. The van der Waals surface area contributed by atoms with Crippen molar-refractivity contribution in [2.24, 2.45) is 0 Å². The predicted molar refractivity (Wildman–Crippen MR) is 70.4 cm³/mol. The van der Waals surface area contributed by atoms with Gasteiger partial charge in [-0.1, -0.05) is 0 Å². The van der Waals surface area contributed by atoms with Gasteiger partial charge in [0.25, 0.3) is 5.56 Å². The van der Waals surface area contributed by atoms with Crippen LogP contribution in [0.25, 0.3) is 11.0 Å². The number of fused-ring (bicyclic) bond motifs is 2. The maximum absolute atomic E-state index is 11.8. The number of rotatable bonds is 2. The molecule has 2 fully saturated rings. The lowest BCUT2D eigenvalue weighted by molar-refractivity contribution is -0.110. The summed E-state index contributed by atoms with van der Waals surface area (Å²) in [6.45, 7) is 0. The number of nitrogens with one attached hydrogen (secondary N) is 1. The van der Waals surface area contributed by atoms with E-state index in [0.717, 1.165) is 0 Å². The summed E-state index contributed by atoms with van der Waals surface area (Å²) in [6, 6.07) is 1.58. The molecule has 0 amide bonds. The number of nitrogens with zero attached hydrogens (tertiary/aromatic N) is 2. The third kappa shape index (κ3) is 1.43. The van der Waals surface area contributed by atoms with Crippen LogP contribution in [0.4, 0.5) is 5.95 Å². The highest BCUT2D eigenvalue weighted by Gasteiger charge is 2.77. The summed E-state index contributed by atoms with van der Waals surface area (Å²) in [5.74, 6) is -0.0108. The standard InChI is InChI=1S/C12H14N4O5/c1-20-7-10(21-6-5(17)12(6,7)19)16-3-2-4-8(16)14-11(13)15-9(4)18/h2-3,5-7,10,17,19H,1H3,(H3,13,14,15,18)/t5?,6-,7+,10?,12-/m1/s1. The second kappa shape index (κ2) is 3.83. The fourth-order valence-corrected chi connectivity index (χ4v) is 3.09. The minimum Gasteiger partial charge on any atom is -0.387 e. The second-order valence-electron chi connectivity index (χ2n) is 5.35. The van der Waals surface area contributed by atoms with Crippen LogP contribution in [0.1, 0.15) is 6.23 Å². The van der Waals surface area contributed by atoms with Crippen molar-refractivity contribution in [3.05, 3.63) is 22.6 Å². The quantitative estimate of drug-likeness (QED) is 0.519. The zero-order valence-corrected chi connectivity index (χ0v) is 11.1. The molecule has 5 atom stereocenters. The minimum atomic E-state index is -1.43. The summed E-state index contributed by atoms with van der Waals surface area (Å²) in [5, 5.41) is 20.3. The SMILES string of the molecule is CO[C@H]1C(n2ccc3c(=O)[nH]c(N)nc32)O[C@@H]2C(O)[C@@]21O. The molecular formula is C12H14N4O5. The maximum Gasteiger partial charge on any atom is 0.261 e. The van der Waals surface area contributed by atoms with E-state index in [1.807, 2.05) is 0 Å². The van der Waals surface area contributed by atoms with Crippen LogP contribution in [0.2, 0.25) is 0 Å². The number of aliphatic hydroxyl groups is 2. The summed E-state index contributed by atoms with van der Waals surface area (Å²) >= 11 is 0. The van der Waals surface area contributed by atoms with Crippen molar-refractivity contribution in [1.29, 1.82) is 0 Å². The van der Waals surface area contributed by atoms with Gasteiger partial charge in [0.2, 0.25) is 5.95 Å². The van der Waals surface area contributed by atoms with Crippen LogP contribution in [0, 0.1) is 0 Å². The molecule has 2 aromatic rings. The van der Waals surface area contributed by atoms with Crippen LogP contribution in [-0.4, -0.2) is 55.8 Å². The van der Waals surface area contributed by atoms with E-state index in [4.69, 9.17) is 15.2 Å². The molecule has 1 aliphatic heterocycles. The van der Waals surface area contributed by atoms with Gasteiger partial charge in [-0.25, -0.2) is 0 Å². The highest BCUT2D eigenvalue weighted by molar-refractivity contribution is 5.76. The summed E-state index contributed by atoms with van der Waals surface area (Å²) in [4.78, 5) is 18.3. The average molecular weight is 294 g/mol. The molecule has 2 unspecified atom stereocenters. The third-order valence-corrected chi connectivity index (χ3v) is 4.24. The molecular weight excluding hydrogens is 280 g/mol. The van der Waals surface area contributed by atoms with E-state index in [2.05, 4.69) is 9.97 Å². The van der Waals surface area contributed by atoms with E-state index < -0.39 is 30.1 Å². The Labute approximate surface area is 117 Å². The molecule has 0 bridgehead atoms. The molecule has 1 saturated carbocycles. The van der Waals surface area contributed by atoms with Crippen LogP contribution in [0.15, 0.2) is 17.1 Å². The fourth-order valence-electron chi connectivity index (χ4n) is 3.09. The van der Waals surface area contributed by atoms with Gasteiger partial charge in [0.15, 0.2) is 17.5 Å². The lowest BCUT2D eigenvalue weighted by atomic mass is 10.1. The molecule has 1 saturated heterocycles. The zero-order chi connectivity index (χ0) is 14.9. The van der Waals surface area contributed by atoms with Gasteiger partial charge in [0.1, 0.15) is 18.3 Å². The van der Waals surface area contributed by atoms with Gasteiger partial charge < -0.3 is 30.0 Å². The van der Waals surface area contributed by atoms with Crippen LogP contribution >= 0.6 is 0 Å². The van der Waals surface area contributed by atoms with Crippen molar-refractivity contribution in [3.63, 3.8) is 0 Å². The number of nitrogens with two attached hydrogens (primary N) is 1. The van der Waals surface area contributed by atoms with E-state index in [0.29, 0.717) is 11.0 Å². The van der Waals surface area contributed by atoms with Gasteiger partial charge in [-0.2, -0.15) is 4.98 Å². The van der Waals surface area contributed by atoms with Gasteiger partial charge in [0, 0.05) is 13.3 Å². The average Bonchev–Trinajstić information content (AvgIpc) is 2.82. The van der Waals surface area contributed by atoms with E-state index in [-0.39, 0.29) is 11.5 Å². The zero-order valence-electron chi connectivity index (χ0n) is 11.1. The molecule has 9 nitrogen and oxygen atoms in total. The molecule has 4 rings (SSSR count). The number of nitrogen functional groups attached to an aromatic ring is 1. The van der Waals surface area contributed by atoms with E-state index in [1.165, 1.54) is 7.11 Å². The lowest BCUT2D eigenvalue weighted by Crippen LogP contribution is -2.38. The molecule has 9 heteroatoms. The van der Waals surface area contributed by atoms with Crippen molar-refractivity contribution >= 4 is 17.0 Å². The first kappa shape index (κ1) is 12.8. The molecule has 21 heavy (non-hydrogen) atoms. The Morgan fingerprint density at radius 2 is 2.38 bits per heavy atom. The number of hydrogen-bond acceptors (Lipinski definition) is 7. The van der Waals surface area contributed by atoms with Crippen LogP contribution in [0.3, 0.4) is 0 Å². The third-order valence-electron chi connectivity index (χ3n) is 4.24. The van der Waals surface area contributed by atoms with Gasteiger partial charge in [-0.3, -0.25) is 9.78 Å². The topological polar surface area (TPSA) is 136 Å². The highest BCUT2D eigenvalue weighted by Crippen LogP contribution is 2.54. The minimum absolute atomic E-state index is 0.0108. The van der Waals surface area contributed by atoms with Gasteiger partial charge in [-0.05, 0) is 6.07 Å². The number of anilines is 1. The maximum atomic E-state index is 11.8.